The zero-order valence-corrected chi connectivity index (χ0v) is 38.0. The number of cyclic esters (lactones) is 2. The summed E-state index contributed by atoms with van der Waals surface area (Å²) < 4.78 is 33.7. The van der Waals surface area contributed by atoms with Crippen molar-refractivity contribution in [3.63, 3.8) is 0 Å². The van der Waals surface area contributed by atoms with Crippen LogP contribution in [-0.2, 0) is 39.8 Å². The maximum absolute atomic E-state index is 15.4. The summed E-state index contributed by atoms with van der Waals surface area (Å²) in [5, 5.41) is 38.7. The SMILES string of the molecule is CC1(C)OC2C3C(=O)OCC24C1C(=O)C(O)C1(C)C4C(CC2(C)C(c4ccoc4CC(C(O)CO)C4CCC5C(C=CN6CNCC56)C4)OC(=O)C4OC421)CC31CCCC12CCCC2. The number of Topliss-reactive ketones (excluding diaryl/α,β-unsaturated/α-hetero) is 1. The Kier molecular flexibility index (Phi) is 8.56. The molecule has 4 N–H and O–H groups in total. The molecule has 0 radical (unpaired) electrons. The number of rotatable bonds is 6. The molecule has 7 heterocycles. The third kappa shape index (κ3) is 4.67. The van der Waals surface area contributed by atoms with Crippen LogP contribution in [0.5, 0.6) is 0 Å². The number of epoxide rings is 1. The van der Waals surface area contributed by atoms with E-state index in [-0.39, 0.29) is 54.1 Å². The Hall–Kier alpha value is -2.81. The number of nitrogens with one attached hydrogen (secondary N) is 1. The molecule has 13 nitrogen and oxygen atoms in total. The van der Waals surface area contributed by atoms with Gasteiger partial charge in [0.25, 0.3) is 0 Å². The number of nitrogens with zero attached hydrogens (tertiary/aromatic N) is 1. The number of carbonyl (C=O) groups excluding carboxylic acids is 3. The largest absolute Gasteiger partial charge is 0.469 e. The summed E-state index contributed by atoms with van der Waals surface area (Å²) in [4.78, 5) is 47.1. The number of ketones is 1. The normalized spacial score (nSPS) is 51.7. The molecule has 1 aromatic heterocycles. The second-order valence-corrected chi connectivity index (χ2v) is 24.3. The van der Waals surface area contributed by atoms with E-state index in [0.717, 1.165) is 83.8 Å². The maximum Gasteiger partial charge on any atom is 0.339 e. The lowest BCUT2D eigenvalue weighted by Crippen LogP contribution is -2.77. The summed E-state index contributed by atoms with van der Waals surface area (Å²) in [7, 11) is 0. The van der Waals surface area contributed by atoms with Gasteiger partial charge in [0.05, 0.1) is 49.2 Å². The number of hydrogen-bond acceptors (Lipinski definition) is 13. The number of allylic oxidation sites excluding steroid dienone is 1. The van der Waals surface area contributed by atoms with Crippen molar-refractivity contribution in [3.05, 3.63) is 35.9 Å². The minimum atomic E-state index is -1.47. The van der Waals surface area contributed by atoms with Crippen LogP contribution < -0.4 is 5.32 Å². The standard InChI is InChI=1S/C51H68N2O11/c1-45(2)38-36(56)39(57)47(4)37-28(21-49(15-7-14-48(49)12-5-6-13-48)35-41(63-45)50(37,38)24-61-43(35)58)20-46(3)40(62-44(59)42-51(46,47)64-42)30-11-17-60-34(30)19-31(33(55)23-54)26-8-9-29-27(18-26)10-16-53-25-52-22-32(29)53/h10-11,16-17,26-29,31-33,35,37-42,52,54-55,57H,5-9,12-15,18-25H2,1-4H3. The molecule has 2 bridgehead atoms. The fourth-order valence-corrected chi connectivity index (χ4v) is 20.1. The van der Waals surface area contributed by atoms with Gasteiger partial charge in [-0.3, -0.25) is 14.9 Å². The van der Waals surface area contributed by atoms with Gasteiger partial charge in [-0.05, 0) is 130 Å². The molecule has 348 valence electrons. The van der Waals surface area contributed by atoms with Gasteiger partial charge in [-0.15, -0.1) is 0 Å². The highest BCUT2D eigenvalue weighted by molar-refractivity contribution is 5.92. The number of hydrogen-bond donors (Lipinski definition) is 4. The first-order chi connectivity index (χ1) is 30.6. The van der Waals surface area contributed by atoms with Crippen LogP contribution in [-0.4, -0.2) is 106 Å². The van der Waals surface area contributed by atoms with Crippen LogP contribution >= 0.6 is 0 Å². The molecular formula is C51H68N2O11. The summed E-state index contributed by atoms with van der Waals surface area (Å²) >= 11 is 0. The van der Waals surface area contributed by atoms with Crippen molar-refractivity contribution in [1.82, 2.24) is 10.2 Å². The summed E-state index contributed by atoms with van der Waals surface area (Å²) in [5.41, 5.74) is -5.11. The van der Waals surface area contributed by atoms with Crippen LogP contribution in [0, 0.1) is 74.4 Å². The first kappa shape index (κ1) is 41.4. The molecule has 5 saturated heterocycles. The van der Waals surface area contributed by atoms with Gasteiger partial charge in [0, 0.05) is 40.8 Å². The summed E-state index contributed by atoms with van der Waals surface area (Å²) in [6, 6.07) is 2.37. The fourth-order valence-electron chi connectivity index (χ4n) is 20.1. The molecule has 6 aliphatic heterocycles. The highest BCUT2D eigenvalue weighted by Gasteiger charge is 2.93. The fraction of sp³-hybridized carbons (Fsp3) is 0.824. The van der Waals surface area contributed by atoms with Gasteiger partial charge in [0.2, 0.25) is 0 Å². The Morgan fingerprint density at radius 3 is 2.56 bits per heavy atom. The van der Waals surface area contributed by atoms with Crippen LogP contribution in [0.1, 0.15) is 122 Å². The van der Waals surface area contributed by atoms with Gasteiger partial charge in [0.1, 0.15) is 30.2 Å². The minimum absolute atomic E-state index is 0.0412. The Bertz CT molecular complexity index is 2200. The quantitative estimate of drug-likeness (QED) is 0.222. The van der Waals surface area contributed by atoms with Crippen molar-refractivity contribution in [3.8, 4) is 0 Å². The van der Waals surface area contributed by atoms with Crippen molar-refractivity contribution in [1.29, 1.82) is 0 Å². The lowest BCUT2D eigenvalue weighted by molar-refractivity contribution is -0.266. The minimum Gasteiger partial charge on any atom is -0.469 e. The van der Waals surface area contributed by atoms with Gasteiger partial charge >= 0.3 is 11.9 Å². The predicted molar refractivity (Wildman–Crippen MR) is 227 cm³/mol. The molecule has 6 saturated carbocycles. The summed E-state index contributed by atoms with van der Waals surface area (Å²) in [6.45, 7) is 9.61. The number of carbonyl (C=O) groups is 3. The Balaban J connectivity index is 0.927. The zero-order valence-electron chi connectivity index (χ0n) is 38.0. The van der Waals surface area contributed by atoms with Crippen molar-refractivity contribution < 1.29 is 53.1 Å². The van der Waals surface area contributed by atoms with Crippen molar-refractivity contribution in [2.75, 3.05) is 26.4 Å². The summed E-state index contributed by atoms with van der Waals surface area (Å²) in [5.74, 6) is -1.35. The molecule has 12 aliphatic rings. The van der Waals surface area contributed by atoms with Gasteiger partial charge in [-0.2, -0.15) is 0 Å². The maximum atomic E-state index is 15.4. The molecule has 64 heavy (non-hydrogen) atoms. The van der Waals surface area contributed by atoms with E-state index in [2.05, 4.69) is 29.4 Å². The van der Waals surface area contributed by atoms with E-state index in [4.69, 9.17) is 23.4 Å². The average Bonchev–Trinajstić information content (AvgIpc) is 3.80. The van der Waals surface area contributed by atoms with E-state index < -0.39 is 81.2 Å². The molecular weight excluding hydrogens is 817 g/mol. The zero-order chi connectivity index (χ0) is 44.1. The van der Waals surface area contributed by atoms with Crippen LogP contribution in [0.2, 0.25) is 0 Å². The van der Waals surface area contributed by atoms with E-state index in [1.807, 2.05) is 26.8 Å². The molecule has 13 rings (SSSR count). The van der Waals surface area contributed by atoms with E-state index >= 15 is 4.79 Å². The monoisotopic (exact) mass is 884 g/mol. The summed E-state index contributed by atoms with van der Waals surface area (Å²) in [6.07, 6.45) is 13.3. The Labute approximate surface area is 375 Å². The number of furan rings is 1. The number of aliphatic hydroxyl groups is 3. The Morgan fingerprint density at radius 1 is 0.969 bits per heavy atom. The van der Waals surface area contributed by atoms with Gasteiger partial charge in [-0.1, -0.05) is 39.2 Å². The van der Waals surface area contributed by atoms with Gasteiger partial charge < -0.3 is 43.6 Å². The molecule has 19 atom stereocenters. The lowest BCUT2D eigenvalue weighted by Gasteiger charge is -2.68. The van der Waals surface area contributed by atoms with Crippen LogP contribution in [0.4, 0.5) is 0 Å². The second kappa shape index (κ2) is 13.2. The van der Waals surface area contributed by atoms with Gasteiger partial charge in [0.15, 0.2) is 11.9 Å². The van der Waals surface area contributed by atoms with E-state index in [9.17, 15) is 24.9 Å². The molecule has 1 aromatic rings. The van der Waals surface area contributed by atoms with Crippen LogP contribution in [0.3, 0.4) is 0 Å². The van der Waals surface area contributed by atoms with Crippen LogP contribution in [0.15, 0.2) is 29.0 Å². The molecule has 0 aromatic carbocycles. The number of esters is 2. The first-order valence-corrected chi connectivity index (χ1v) is 25.1. The number of ether oxygens (including phenoxy) is 4. The van der Waals surface area contributed by atoms with Gasteiger partial charge in [-0.25, -0.2) is 4.79 Å². The number of aliphatic hydroxyl groups excluding tert-OH is 3. The molecule has 4 spiro atoms. The molecule has 6 aliphatic carbocycles. The second-order valence-electron chi connectivity index (χ2n) is 24.3. The highest BCUT2D eigenvalue weighted by atomic mass is 16.7. The van der Waals surface area contributed by atoms with E-state index in [1.165, 1.54) is 0 Å². The van der Waals surface area contributed by atoms with Crippen molar-refractivity contribution in [2.24, 2.45) is 74.4 Å². The molecule has 11 fully saturated rings. The molecule has 19 unspecified atom stereocenters. The Morgan fingerprint density at radius 2 is 1.77 bits per heavy atom. The molecule has 13 heteroatoms. The third-order valence-electron chi connectivity index (χ3n) is 22.0. The van der Waals surface area contributed by atoms with E-state index in [0.29, 0.717) is 42.0 Å². The topological polar surface area (TPSA) is 181 Å². The predicted octanol–water partition coefficient (Wildman–Crippen LogP) is 5.00. The number of fused-ring (bicyclic) bond motifs is 5. The van der Waals surface area contributed by atoms with Crippen molar-refractivity contribution >= 4 is 17.7 Å². The van der Waals surface area contributed by atoms with E-state index in [1.54, 1.807) is 6.26 Å². The third-order valence-corrected chi connectivity index (χ3v) is 22.0. The average molecular weight is 885 g/mol. The van der Waals surface area contributed by atoms with Crippen molar-refractivity contribution in [2.45, 2.75) is 159 Å². The highest BCUT2D eigenvalue weighted by Crippen LogP contribution is 2.85. The molecule has 0 amide bonds. The van der Waals surface area contributed by atoms with Crippen LogP contribution in [0.25, 0.3) is 0 Å². The first-order valence-electron chi connectivity index (χ1n) is 25.1. The smallest absolute Gasteiger partial charge is 0.339 e. The lowest BCUT2D eigenvalue weighted by atomic mass is 9.34.